The highest BCUT2D eigenvalue weighted by Gasteiger charge is 2.38. The SMILES string of the molecule is Nc1cccc(C#CC(=O)NCc2ccc3c(c2)CN(C2CCC(=O)NC2=O)C3=O)c1. The number of piperidine rings is 1. The molecule has 2 heterocycles. The Hall–Kier alpha value is -4.12. The Morgan fingerprint density at radius 3 is 2.81 bits per heavy atom. The van der Waals surface area contributed by atoms with Crippen molar-refractivity contribution in [1.82, 2.24) is 15.5 Å². The number of amides is 4. The van der Waals surface area contributed by atoms with E-state index in [1.54, 1.807) is 36.4 Å². The van der Waals surface area contributed by atoms with Gasteiger partial charge in [0.1, 0.15) is 6.04 Å². The Morgan fingerprint density at radius 1 is 1.19 bits per heavy atom. The van der Waals surface area contributed by atoms with Gasteiger partial charge in [0.15, 0.2) is 0 Å². The van der Waals surface area contributed by atoms with E-state index >= 15 is 0 Å². The summed E-state index contributed by atoms with van der Waals surface area (Å²) in [6.07, 6.45) is 0.531. The molecule has 2 aromatic carbocycles. The summed E-state index contributed by atoms with van der Waals surface area (Å²) in [6.45, 7) is 0.543. The molecule has 0 aromatic heterocycles. The van der Waals surface area contributed by atoms with E-state index < -0.39 is 17.9 Å². The van der Waals surface area contributed by atoms with Crippen molar-refractivity contribution in [3.05, 3.63) is 64.7 Å². The fraction of sp³-hybridized carbons (Fsp3) is 0.217. The first kappa shape index (κ1) is 20.2. The fourth-order valence-corrected chi connectivity index (χ4v) is 3.71. The first-order valence-corrected chi connectivity index (χ1v) is 9.82. The molecular weight excluding hydrogens is 396 g/mol. The van der Waals surface area contributed by atoms with Crippen LogP contribution in [0.15, 0.2) is 42.5 Å². The molecule has 4 rings (SSSR count). The van der Waals surface area contributed by atoms with E-state index in [4.69, 9.17) is 5.73 Å². The Balaban J connectivity index is 1.39. The smallest absolute Gasteiger partial charge is 0.296 e. The molecule has 2 aromatic rings. The molecule has 2 aliphatic heterocycles. The van der Waals surface area contributed by atoms with E-state index in [0.717, 1.165) is 11.1 Å². The van der Waals surface area contributed by atoms with Crippen LogP contribution in [0.3, 0.4) is 0 Å². The van der Waals surface area contributed by atoms with Crippen LogP contribution in [-0.2, 0) is 27.5 Å². The maximum Gasteiger partial charge on any atom is 0.296 e. The summed E-state index contributed by atoms with van der Waals surface area (Å²) >= 11 is 0. The lowest BCUT2D eigenvalue weighted by atomic mass is 10.0. The summed E-state index contributed by atoms with van der Waals surface area (Å²) in [6, 6.07) is 11.6. The number of nitrogens with two attached hydrogens (primary N) is 1. The van der Waals surface area contributed by atoms with E-state index in [0.29, 0.717) is 23.2 Å². The van der Waals surface area contributed by atoms with E-state index in [9.17, 15) is 19.2 Å². The molecule has 1 saturated heterocycles. The molecule has 0 bridgehead atoms. The summed E-state index contributed by atoms with van der Waals surface area (Å²) in [5.74, 6) is 3.87. The monoisotopic (exact) mass is 416 g/mol. The highest BCUT2D eigenvalue weighted by molar-refractivity contribution is 6.05. The van der Waals surface area contributed by atoms with E-state index in [2.05, 4.69) is 22.5 Å². The van der Waals surface area contributed by atoms with Crippen molar-refractivity contribution in [3.63, 3.8) is 0 Å². The normalized spacial score (nSPS) is 17.5. The number of carbonyl (C=O) groups excluding carboxylic acids is 4. The minimum absolute atomic E-state index is 0.213. The molecular formula is C23H20N4O4. The van der Waals surface area contributed by atoms with Gasteiger partial charge in [0.05, 0.1) is 0 Å². The third-order valence-electron chi connectivity index (χ3n) is 5.25. The Kier molecular flexibility index (Phi) is 5.41. The highest BCUT2D eigenvalue weighted by atomic mass is 16.2. The van der Waals surface area contributed by atoms with Crippen LogP contribution < -0.4 is 16.4 Å². The number of imide groups is 1. The van der Waals surface area contributed by atoms with Crippen molar-refractivity contribution >= 4 is 29.3 Å². The van der Waals surface area contributed by atoms with E-state index in [-0.39, 0.29) is 31.3 Å². The second-order valence-corrected chi connectivity index (χ2v) is 7.45. The van der Waals surface area contributed by atoms with Gasteiger partial charge in [0.25, 0.3) is 11.8 Å². The third-order valence-corrected chi connectivity index (χ3v) is 5.25. The number of hydrogen-bond acceptors (Lipinski definition) is 5. The van der Waals surface area contributed by atoms with Crippen LogP contribution in [0.25, 0.3) is 0 Å². The number of nitrogen functional groups attached to an aromatic ring is 1. The van der Waals surface area contributed by atoms with Crippen molar-refractivity contribution in [2.45, 2.75) is 32.0 Å². The molecule has 0 spiro atoms. The molecule has 2 aliphatic rings. The Labute approximate surface area is 178 Å². The number of rotatable bonds is 3. The van der Waals surface area contributed by atoms with Crippen molar-refractivity contribution in [1.29, 1.82) is 0 Å². The lowest BCUT2D eigenvalue weighted by Crippen LogP contribution is -2.52. The van der Waals surface area contributed by atoms with Crippen LogP contribution in [0.4, 0.5) is 5.69 Å². The average molecular weight is 416 g/mol. The molecule has 1 atom stereocenters. The topological polar surface area (TPSA) is 122 Å². The zero-order valence-corrected chi connectivity index (χ0v) is 16.6. The standard InChI is InChI=1S/C23H20N4O4/c24-17-3-1-2-14(11-17)5-8-20(28)25-12-15-4-6-18-16(10-15)13-27(23(18)31)19-7-9-21(29)26-22(19)30/h1-4,6,10-11,19H,7,9,12-13,24H2,(H,25,28)(H,26,29,30). The van der Waals surface area contributed by atoms with Gasteiger partial charge in [-0.25, -0.2) is 0 Å². The number of nitrogens with zero attached hydrogens (tertiary/aromatic N) is 1. The van der Waals surface area contributed by atoms with Crippen LogP contribution in [0.2, 0.25) is 0 Å². The van der Waals surface area contributed by atoms with E-state index in [1.165, 1.54) is 4.90 Å². The summed E-state index contributed by atoms with van der Waals surface area (Å²) in [7, 11) is 0. The van der Waals surface area contributed by atoms with Gasteiger partial charge in [-0.05, 0) is 41.8 Å². The lowest BCUT2D eigenvalue weighted by Gasteiger charge is -2.29. The minimum Gasteiger partial charge on any atom is -0.399 e. The number of carbonyl (C=O) groups is 4. The molecule has 8 nitrogen and oxygen atoms in total. The number of benzene rings is 2. The maximum atomic E-state index is 12.7. The molecule has 31 heavy (non-hydrogen) atoms. The van der Waals surface area contributed by atoms with Gasteiger partial charge in [-0.3, -0.25) is 24.5 Å². The first-order valence-electron chi connectivity index (χ1n) is 9.82. The van der Waals surface area contributed by atoms with Gasteiger partial charge in [0.2, 0.25) is 11.8 Å². The Bertz CT molecular complexity index is 1160. The second-order valence-electron chi connectivity index (χ2n) is 7.45. The van der Waals surface area contributed by atoms with Crippen LogP contribution in [-0.4, -0.2) is 34.6 Å². The number of hydrogen-bond donors (Lipinski definition) is 3. The molecule has 1 unspecified atom stereocenters. The molecule has 0 saturated carbocycles. The van der Waals surface area contributed by atoms with Crippen molar-refractivity contribution in [2.24, 2.45) is 0 Å². The molecule has 0 aliphatic carbocycles. The predicted molar refractivity (Wildman–Crippen MR) is 112 cm³/mol. The average Bonchev–Trinajstić information content (AvgIpc) is 3.06. The number of nitrogens with one attached hydrogen (secondary N) is 2. The molecule has 1 fully saturated rings. The van der Waals surface area contributed by atoms with Gasteiger partial charge >= 0.3 is 0 Å². The van der Waals surface area contributed by atoms with Gasteiger partial charge in [-0.1, -0.05) is 24.1 Å². The van der Waals surface area contributed by atoms with E-state index in [1.807, 2.05) is 6.07 Å². The van der Waals surface area contributed by atoms with Crippen LogP contribution >= 0.6 is 0 Å². The summed E-state index contributed by atoms with van der Waals surface area (Å²) in [5.41, 5.74) is 9.05. The summed E-state index contributed by atoms with van der Waals surface area (Å²) in [4.78, 5) is 49.7. The van der Waals surface area contributed by atoms with Gasteiger partial charge in [0, 0.05) is 42.2 Å². The van der Waals surface area contributed by atoms with Gasteiger partial charge in [-0.15, -0.1) is 0 Å². The highest BCUT2D eigenvalue weighted by Crippen LogP contribution is 2.28. The van der Waals surface area contributed by atoms with Gasteiger partial charge in [-0.2, -0.15) is 0 Å². The van der Waals surface area contributed by atoms with Crippen molar-refractivity contribution < 1.29 is 19.2 Å². The first-order chi connectivity index (χ1) is 14.9. The zero-order valence-electron chi connectivity index (χ0n) is 16.6. The lowest BCUT2D eigenvalue weighted by molar-refractivity contribution is -0.137. The van der Waals surface area contributed by atoms with Crippen molar-refractivity contribution in [3.8, 4) is 11.8 Å². The van der Waals surface area contributed by atoms with Crippen LogP contribution in [0, 0.1) is 11.8 Å². The predicted octanol–water partition coefficient (Wildman–Crippen LogP) is 0.698. The van der Waals surface area contributed by atoms with Crippen molar-refractivity contribution in [2.75, 3.05) is 5.73 Å². The molecule has 8 heteroatoms. The number of fused-ring (bicyclic) bond motifs is 1. The molecule has 0 radical (unpaired) electrons. The van der Waals surface area contributed by atoms with Crippen LogP contribution in [0.5, 0.6) is 0 Å². The zero-order chi connectivity index (χ0) is 22.0. The number of anilines is 1. The molecule has 4 amide bonds. The summed E-state index contributed by atoms with van der Waals surface area (Å²) < 4.78 is 0. The molecule has 156 valence electrons. The quantitative estimate of drug-likeness (QED) is 0.386. The molecule has 4 N–H and O–H groups in total. The van der Waals surface area contributed by atoms with Gasteiger partial charge < -0.3 is 16.0 Å². The third kappa shape index (κ3) is 4.41. The second kappa shape index (κ2) is 8.32. The summed E-state index contributed by atoms with van der Waals surface area (Å²) in [5, 5.41) is 5.01. The fourth-order valence-electron chi connectivity index (χ4n) is 3.71. The largest absolute Gasteiger partial charge is 0.399 e. The minimum atomic E-state index is -0.650. The van der Waals surface area contributed by atoms with Crippen LogP contribution in [0.1, 0.15) is 39.9 Å². The Morgan fingerprint density at radius 2 is 2.03 bits per heavy atom. The maximum absolute atomic E-state index is 12.7.